The summed E-state index contributed by atoms with van der Waals surface area (Å²) < 4.78 is 15.1. The number of amides is 1. The molecule has 1 N–H and O–H groups in total. The molecular weight excluding hydrogens is 430 g/mol. The summed E-state index contributed by atoms with van der Waals surface area (Å²) in [6.07, 6.45) is 1.00. The van der Waals surface area contributed by atoms with E-state index in [1.165, 1.54) is 13.3 Å². The largest absolute Gasteiger partial charge is 0.514 e. The number of carbonyl (C=O) groups is 3. The maximum absolute atomic E-state index is 12.7. The van der Waals surface area contributed by atoms with Crippen LogP contribution in [0, 0.1) is 13.8 Å². The van der Waals surface area contributed by atoms with Crippen molar-refractivity contribution in [2.24, 2.45) is 5.11 Å². The van der Waals surface area contributed by atoms with Crippen LogP contribution >= 0.6 is 0 Å². The first-order valence-corrected chi connectivity index (χ1v) is 10.1. The Kier molecular flexibility index (Phi) is 9.81. The second-order valence-corrected chi connectivity index (χ2v) is 7.06. The lowest BCUT2D eigenvalue weighted by Crippen LogP contribution is -2.27. The number of rotatable bonds is 11. The third-order valence-electron chi connectivity index (χ3n) is 4.51. The summed E-state index contributed by atoms with van der Waals surface area (Å²) in [7, 11) is 1.44. The number of hydrogen-bond acceptors (Lipinski definition) is 8. The number of pyridine rings is 1. The number of benzene rings is 1. The van der Waals surface area contributed by atoms with E-state index in [1.54, 1.807) is 31.2 Å². The minimum Gasteiger partial charge on any atom is -0.429 e. The van der Waals surface area contributed by atoms with Crippen LogP contribution in [0.25, 0.3) is 10.4 Å². The van der Waals surface area contributed by atoms with Crippen molar-refractivity contribution in [2.75, 3.05) is 20.3 Å². The normalized spacial score (nSPS) is 10.2. The number of ketones is 1. The van der Waals surface area contributed by atoms with Crippen molar-refractivity contribution in [3.05, 3.63) is 63.3 Å². The summed E-state index contributed by atoms with van der Waals surface area (Å²) in [6, 6.07) is 6.80. The highest BCUT2D eigenvalue weighted by molar-refractivity contribution is 5.96. The maximum Gasteiger partial charge on any atom is 0.514 e. The van der Waals surface area contributed by atoms with E-state index in [4.69, 9.17) is 19.7 Å². The van der Waals surface area contributed by atoms with Crippen LogP contribution in [-0.2, 0) is 20.9 Å². The Labute approximate surface area is 190 Å². The van der Waals surface area contributed by atoms with Crippen LogP contribution in [0.2, 0.25) is 0 Å². The predicted octanol–water partition coefficient (Wildman–Crippen LogP) is 4.08. The van der Waals surface area contributed by atoms with E-state index in [0.29, 0.717) is 17.9 Å². The Morgan fingerprint density at radius 1 is 1.18 bits per heavy atom. The van der Waals surface area contributed by atoms with Gasteiger partial charge in [-0.15, -0.1) is 0 Å². The fraction of sp³-hybridized carbons (Fsp3) is 0.364. The van der Waals surface area contributed by atoms with Gasteiger partial charge in [-0.05, 0) is 37.9 Å². The van der Waals surface area contributed by atoms with E-state index in [2.05, 4.69) is 20.3 Å². The van der Waals surface area contributed by atoms with Crippen molar-refractivity contribution in [2.45, 2.75) is 33.3 Å². The lowest BCUT2D eigenvalue weighted by molar-refractivity contribution is -0.122. The van der Waals surface area contributed by atoms with Crippen molar-refractivity contribution in [3.8, 4) is 5.75 Å². The molecule has 0 saturated heterocycles. The fourth-order valence-electron chi connectivity index (χ4n) is 2.84. The van der Waals surface area contributed by atoms with Crippen LogP contribution in [-0.4, -0.2) is 43.1 Å². The van der Waals surface area contributed by atoms with Gasteiger partial charge in [-0.1, -0.05) is 22.8 Å². The molecule has 2 aromatic rings. The summed E-state index contributed by atoms with van der Waals surface area (Å²) in [5.41, 5.74) is 10.6. The van der Waals surface area contributed by atoms with Crippen LogP contribution < -0.4 is 10.1 Å². The van der Waals surface area contributed by atoms with Gasteiger partial charge < -0.3 is 19.5 Å². The van der Waals surface area contributed by atoms with Gasteiger partial charge in [-0.25, -0.2) is 4.79 Å². The molecule has 11 nitrogen and oxygen atoms in total. The molecule has 174 valence electrons. The number of nitrogens with zero attached hydrogens (tertiary/aromatic N) is 4. The molecule has 0 aliphatic carbocycles. The number of nitrogens with one attached hydrogen (secondary N) is 1. The molecule has 1 heterocycles. The first-order chi connectivity index (χ1) is 15.8. The van der Waals surface area contributed by atoms with E-state index in [0.717, 1.165) is 5.56 Å². The Morgan fingerprint density at radius 2 is 1.91 bits per heavy atom. The topological polar surface area (TPSA) is 153 Å². The van der Waals surface area contributed by atoms with Gasteiger partial charge in [0.05, 0.1) is 11.3 Å². The molecule has 1 amide bonds. The second-order valence-electron chi connectivity index (χ2n) is 7.06. The molecule has 0 aliphatic rings. The van der Waals surface area contributed by atoms with Gasteiger partial charge in [-0.3, -0.25) is 14.6 Å². The first-order valence-electron chi connectivity index (χ1n) is 10.1. The monoisotopic (exact) mass is 455 g/mol. The molecule has 33 heavy (non-hydrogen) atoms. The number of azide groups is 1. The van der Waals surface area contributed by atoms with Gasteiger partial charge in [0.15, 0.2) is 5.78 Å². The van der Waals surface area contributed by atoms with Gasteiger partial charge >= 0.3 is 6.16 Å². The summed E-state index contributed by atoms with van der Waals surface area (Å²) in [5.74, 6) is -0.287. The summed E-state index contributed by atoms with van der Waals surface area (Å²) in [4.78, 5) is 43.2. The molecule has 0 radical (unpaired) electrons. The molecular formula is C22H25N5O6. The van der Waals surface area contributed by atoms with Crippen molar-refractivity contribution >= 4 is 23.5 Å². The van der Waals surface area contributed by atoms with Crippen molar-refractivity contribution in [1.82, 2.24) is 10.3 Å². The molecule has 0 spiro atoms. The molecule has 0 fully saturated rings. The highest BCUT2D eigenvalue weighted by Crippen LogP contribution is 2.27. The number of aromatic nitrogens is 1. The van der Waals surface area contributed by atoms with Gasteiger partial charge in [-0.2, -0.15) is 0 Å². The minimum atomic E-state index is -0.983. The van der Waals surface area contributed by atoms with E-state index in [9.17, 15) is 14.4 Å². The Balaban J connectivity index is 2.10. The zero-order chi connectivity index (χ0) is 24.2. The number of methoxy groups -OCH3 is 1. The maximum atomic E-state index is 12.7. The predicted molar refractivity (Wildman–Crippen MR) is 118 cm³/mol. The van der Waals surface area contributed by atoms with Crippen LogP contribution in [0.5, 0.6) is 5.75 Å². The van der Waals surface area contributed by atoms with Crippen molar-refractivity contribution < 1.29 is 28.6 Å². The van der Waals surface area contributed by atoms with E-state index < -0.39 is 12.1 Å². The Hall–Kier alpha value is -3.95. The molecule has 0 bridgehead atoms. The van der Waals surface area contributed by atoms with Crippen LogP contribution in [0.1, 0.15) is 40.0 Å². The number of ether oxygens (including phenoxy) is 3. The van der Waals surface area contributed by atoms with E-state index >= 15 is 0 Å². The third-order valence-corrected chi connectivity index (χ3v) is 4.51. The van der Waals surface area contributed by atoms with Crippen molar-refractivity contribution in [1.29, 1.82) is 0 Å². The zero-order valence-electron chi connectivity index (χ0n) is 18.7. The minimum absolute atomic E-state index is 0.0194. The molecule has 1 aromatic carbocycles. The van der Waals surface area contributed by atoms with Gasteiger partial charge in [0.1, 0.15) is 19.0 Å². The fourth-order valence-corrected chi connectivity index (χ4v) is 2.84. The van der Waals surface area contributed by atoms with Crippen LogP contribution in [0.4, 0.5) is 10.5 Å². The highest BCUT2D eigenvalue weighted by atomic mass is 16.7. The molecule has 1 aromatic heterocycles. The number of carbonyl (C=O) groups excluding carboxylic acids is 3. The average molecular weight is 455 g/mol. The average Bonchev–Trinajstić information content (AvgIpc) is 2.78. The molecule has 0 atom stereocenters. The summed E-state index contributed by atoms with van der Waals surface area (Å²) in [5, 5.41) is 6.29. The zero-order valence-corrected chi connectivity index (χ0v) is 18.7. The molecule has 2 rings (SSSR count). The summed E-state index contributed by atoms with van der Waals surface area (Å²) >= 11 is 0. The van der Waals surface area contributed by atoms with Gasteiger partial charge in [0.25, 0.3) is 5.91 Å². The van der Waals surface area contributed by atoms with Crippen LogP contribution in [0.3, 0.4) is 0 Å². The molecule has 0 saturated carbocycles. The lowest BCUT2D eigenvalue weighted by Gasteiger charge is -2.14. The SMILES string of the molecule is COCC(=O)CCCNC(=O)c1cnc(C)c(N=[N+]=[N-])c1COC(=O)Oc1ccc(C)cc1. The van der Waals surface area contributed by atoms with E-state index in [-0.39, 0.29) is 48.8 Å². The smallest absolute Gasteiger partial charge is 0.429 e. The van der Waals surface area contributed by atoms with Crippen LogP contribution in [0.15, 0.2) is 35.6 Å². The summed E-state index contributed by atoms with van der Waals surface area (Å²) in [6.45, 7) is 3.37. The standard InChI is InChI=1S/C22H25N5O6/c1-14-6-8-17(9-7-14)33-22(30)32-13-19-18(11-25-15(2)20(19)26-27-23)21(29)24-10-4-5-16(28)12-31-3/h6-9,11H,4-5,10,12-13H2,1-3H3,(H,24,29). The Bertz CT molecular complexity index is 1050. The van der Waals surface area contributed by atoms with Gasteiger partial charge in [0.2, 0.25) is 0 Å². The van der Waals surface area contributed by atoms with Crippen molar-refractivity contribution in [3.63, 3.8) is 0 Å². The lowest BCUT2D eigenvalue weighted by atomic mass is 10.1. The highest BCUT2D eigenvalue weighted by Gasteiger charge is 2.19. The number of aryl methyl sites for hydroxylation is 2. The third kappa shape index (κ3) is 7.91. The number of hydrogen-bond donors (Lipinski definition) is 1. The second kappa shape index (κ2) is 12.8. The molecule has 11 heteroatoms. The molecule has 0 unspecified atom stereocenters. The molecule has 0 aliphatic heterocycles. The van der Waals surface area contributed by atoms with Gasteiger partial charge in [0, 0.05) is 42.4 Å². The Morgan fingerprint density at radius 3 is 2.58 bits per heavy atom. The first kappa shape index (κ1) is 25.3. The number of Topliss-reactive ketones (excluding diaryl/α,β-unsaturated/α-hetero) is 1. The van der Waals surface area contributed by atoms with E-state index in [1.807, 2.05) is 6.92 Å². The quantitative estimate of drug-likeness (QED) is 0.134.